The predicted molar refractivity (Wildman–Crippen MR) is 376 cm³/mol. The van der Waals surface area contributed by atoms with Crippen LogP contribution in [0.25, 0.3) is 5.43 Å². The van der Waals surface area contributed by atoms with E-state index in [9.17, 15) is 0 Å². The summed E-state index contributed by atoms with van der Waals surface area (Å²) in [6.07, 6.45) is 4.43. The zero-order chi connectivity index (χ0) is 63.6. The van der Waals surface area contributed by atoms with Crippen molar-refractivity contribution in [2.45, 2.75) is 53.5 Å². The van der Waals surface area contributed by atoms with Crippen molar-refractivity contribution in [1.29, 1.82) is 0 Å². The molecule has 0 aliphatic rings. The first-order valence-electron chi connectivity index (χ1n) is 29.1. The van der Waals surface area contributed by atoms with Crippen molar-refractivity contribution < 1.29 is 52.4 Å². The summed E-state index contributed by atoms with van der Waals surface area (Å²) in [7, 11) is 0. The molecule has 0 N–H and O–H groups in total. The van der Waals surface area contributed by atoms with Gasteiger partial charge in [0.25, 0.3) is 0 Å². The van der Waals surface area contributed by atoms with E-state index < -0.39 is 5.54 Å². The van der Waals surface area contributed by atoms with Crippen LogP contribution in [0.3, 0.4) is 0 Å². The molecule has 12 rings (SSSR count). The first-order valence-corrected chi connectivity index (χ1v) is 29.1. The minimum atomic E-state index is -0.419. The van der Waals surface area contributed by atoms with Crippen LogP contribution >= 0.6 is 0 Å². The molecule has 8 aromatic carbocycles. The van der Waals surface area contributed by atoms with Gasteiger partial charge in [0, 0.05) is 40.9 Å². The van der Waals surface area contributed by atoms with E-state index in [1.54, 1.807) is 6.20 Å². The maximum atomic E-state index is 5.07. The summed E-state index contributed by atoms with van der Waals surface area (Å²) >= 11 is 0. The van der Waals surface area contributed by atoms with Crippen LogP contribution in [0.4, 0.5) is 0 Å². The molecule has 452 valence electrons. The molecule has 0 aliphatic carbocycles. The van der Waals surface area contributed by atoms with Gasteiger partial charge in [0.1, 0.15) is 0 Å². The van der Waals surface area contributed by atoms with Gasteiger partial charge in [-0.05, 0) is 101 Å². The van der Waals surface area contributed by atoms with E-state index in [0.29, 0.717) is 0 Å². The fourth-order valence-corrected chi connectivity index (χ4v) is 7.83. The van der Waals surface area contributed by atoms with Crippen LogP contribution in [0.5, 0.6) is 0 Å². The summed E-state index contributed by atoms with van der Waals surface area (Å²) in [4.78, 5) is 8.85. The van der Waals surface area contributed by atoms with Crippen molar-refractivity contribution in [1.82, 2.24) is 19.3 Å². The van der Waals surface area contributed by atoms with Gasteiger partial charge in [-0.1, -0.05) is 91.9 Å². The van der Waals surface area contributed by atoms with Crippen molar-refractivity contribution in [2.75, 3.05) is 0 Å². The predicted octanol–water partition coefficient (Wildman–Crippen LogP) is 20.6. The summed E-state index contributed by atoms with van der Waals surface area (Å²) < 4.78 is 3.96. The van der Waals surface area contributed by atoms with Gasteiger partial charge in [0.2, 0.25) is 0 Å². The second-order valence-corrected chi connectivity index (χ2v) is 20.4. The van der Waals surface area contributed by atoms with Gasteiger partial charge in [-0.3, -0.25) is 9.97 Å². The average molecular weight is 1340 g/mol. The Hall–Kier alpha value is -9.05. The van der Waals surface area contributed by atoms with E-state index >= 15 is 0 Å². The number of benzene rings is 8. The minimum absolute atomic E-state index is 0. The van der Waals surface area contributed by atoms with Crippen LogP contribution < -0.4 is 0 Å². The molecular weight excluding hydrogens is 1250 g/mol. The van der Waals surface area contributed by atoms with Crippen molar-refractivity contribution in [3.63, 3.8) is 0 Å². The summed E-state index contributed by atoms with van der Waals surface area (Å²) in [5, 5.41) is 4.56. The summed E-state index contributed by atoms with van der Waals surface area (Å²) in [6.45, 7) is 38.4. The molecule has 0 spiro atoms. The minimum Gasteiger partial charge on any atom is -0.607 e. The number of aryl methyl sites for hydroxylation is 4. The van der Waals surface area contributed by atoms with E-state index in [4.69, 9.17) is 5.43 Å². The summed E-state index contributed by atoms with van der Waals surface area (Å²) in [5.41, 5.74) is 20.8. The number of rotatable bonds is 7. The van der Waals surface area contributed by atoms with E-state index in [1.807, 2.05) is 285 Å². The quantitative estimate of drug-likeness (QED) is 0.118. The van der Waals surface area contributed by atoms with E-state index in [2.05, 4.69) is 139 Å². The number of hydrogen-bond acceptors (Lipinski definition) is 3. The fourth-order valence-electron chi connectivity index (χ4n) is 7.83. The topological polar surface area (TPSA) is 62.1 Å². The third-order valence-electron chi connectivity index (χ3n) is 12.6. The van der Waals surface area contributed by atoms with Gasteiger partial charge in [-0.25, -0.2) is 4.68 Å². The molecule has 12 aromatic rings. The maximum absolute atomic E-state index is 5.07. The average Bonchev–Trinajstić information content (AvgIpc) is 1.65. The molecular formula is C82H86N6Zr2. The Morgan fingerprint density at radius 2 is 0.622 bits per heavy atom. The van der Waals surface area contributed by atoms with Crippen LogP contribution in [0.1, 0.15) is 92.5 Å². The molecule has 0 amide bonds. The smallest absolute Gasteiger partial charge is 0.607 e. The molecule has 6 nitrogen and oxygen atoms in total. The van der Waals surface area contributed by atoms with Crippen LogP contribution in [-0.2, 0) is 64.4 Å². The number of nitrogens with zero attached hydrogens (tertiary/aromatic N) is 6. The van der Waals surface area contributed by atoms with Gasteiger partial charge < -0.3 is 10.1 Å². The van der Waals surface area contributed by atoms with Gasteiger partial charge in [-0.15, -0.1) is 84.9 Å². The Balaban J connectivity index is 0.000000362. The normalized spacial score (nSPS) is 10.2. The summed E-state index contributed by atoms with van der Waals surface area (Å²) in [5.74, 6) is 0. The fraction of sp³-hybridized carbons (Fsp3) is 0.0976. The summed E-state index contributed by atoms with van der Waals surface area (Å²) in [6, 6.07) is 99.8. The van der Waals surface area contributed by atoms with Crippen LogP contribution in [0, 0.1) is 76.2 Å². The molecule has 4 aromatic heterocycles. The molecule has 0 unspecified atom stereocenters. The van der Waals surface area contributed by atoms with Gasteiger partial charge >= 0.3 is 52.4 Å². The molecule has 4 heterocycles. The molecule has 1 atom stereocenters. The van der Waals surface area contributed by atoms with Crippen molar-refractivity contribution in [3.8, 4) is 0 Å². The van der Waals surface area contributed by atoms with Crippen LogP contribution in [0.15, 0.2) is 321 Å². The SMILES string of the molecule is C/C(=N\n1c(C)ccc1C)c1ccccn1.Cc1ccc(C)n1[N-][C@](C)(Cc1ccccc1)c1ccccn1.[CH2-]c1ccccc1.[CH2-]c1ccccc1.[CH2-]c1ccccc1.[CH2-]c1ccccc1.[CH2-]c1ccccc1.[CH2-]c1ccccc1.[CH2-]c1ccccc1.[Zr+4].[Zr+4]. The Bertz CT molecular complexity index is 3250. The molecule has 8 heteroatoms. The monoisotopic (exact) mass is 1330 g/mol. The van der Waals surface area contributed by atoms with Gasteiger partial charge in [-0.2, -0.15) is 177 Å². The molecule has 0 fully saturated rings. The van der Waals surface area contributed by atoms with Crippen molar-refractivity contribution in [3.05, 3.63) is 448 Å². The van der Waals surface area contributed by atoms with Crippen molar-refractivity contribution in [2.24, 2.45) is 5.10 Å². The zero-order valence-electron chi connectivity index (χ0n) is 53.4. The molecule has 0 bridgehead atoms. The van der Waals surface area contributed by atoms with Crippen LogP contribution in [-0.4, -0.2) is 25.0 Å². The molecule has 0 saturated carbocycles. The van der Waals surface area contributed by atoms with Crippen molar-refractivity contribution >= 4 is 5.71 Å². The third kappa shape index (κ3) is 32.8. The standard InChI is InChI=1S/C20H22N3.C13H15N3.7C7H7.2Zr/c1-16-12-13-17(2)23(16)22-20(3,19-11-7-8-14-21-19)15-18-9-5-4-6-10-18;1-10-7-8-11(2)16(10)15-12(3)13-6-4-5-9-14-13;7*1-7-5-3-2-4-6-7;;/h4-14H,15H2,1-3H3;4-9H,1-3H3;7*2-6H,1H2;;/q-1;;7*-1;2*+4/b;15-12+;;;;;;;;;/t20-;;;;;;;;;;/m1........../s1. The van der Waals surface area contributed by atoms with E-state index in [1.165, 1.54) is 5.56 Å². The Kier molecular flexibility index (Phi) is 38.7. The number of pyridine rings is 2. The first-order chi connectivity index (χ1) is 42.5. The largest absolute Gasteiger partial charge is 4.00 e. The van der Waals surface area contributed by atoms with E-state index in [0.717, 1.165) is 85.2 Å². The van der Waals surface area contributed by atoms with Crippen LogP contribution in [0.2, 0.25) is 0 Å². The second-order valence-electron chi connectivity index (χ2n) is 20.4. The molecule has 0 radical (unpaired) electrons. The third-order valence-corrected chi connectivity index (χ3v) is 12.6. The molecule has 0 aliphatic heterocycles. The molecule has 0 saturated heterocycles. The zero-order valence-corrected chi connectivity index (χ0v) is 58.3. The Morgan fingerprint density at radius 1 is 0.356 bits per heavy atom. The van der Waals surface area contributed by atoms with Gasteiger partial charge in [0.05, 0.1) is 11.4 Å². The first kappa shape index (κ1) is 77.0. The van der Waals surface area contributed by atoms with Gasteiger partial charge in [0.15, 0.2) is 0 Å². The Morgan fingerprint density at radius 3 is 0.878 bits per heavy atom. The number of hydrogen-bond donors (Lipinski definition) is 0. The molecule has 90 heavy (non-hydrogen) atoms. The number of aromatic nitrogens is 4. The van der Waals surface area contributed by atoms with E-state index in [-0.39, 0.29) is 52.4 Å². The maximum Gasteiger partial charge on any atom is 4.00 e. The Labute approximate surface area is 579 Å². The second kappa shape index (κ2) is 45.2.